The zero-order valence-corrected chi connectivity index (χ0v) is 25.1. The third-order valence-corrected chi connectivity index (χ3v) is 7.04. The molecule has 4 N–H and O–H groups in total. The molecule has 1 saturated heterocycles. The van der Waals surface area contributed by atoms with Crippen LogP contribution >= 0.6 is 0 Å². The monoisotopic (exact) mass is 593 g/mol. The fourth-order valence-corrected chi connectivity index (χ4v) is 4.82. The molecule has 3 amide bonds. The van der Waals surface area contributed by atoms with Crippen LogP contribution in [0.3, 0.4) is 0 Å². The third kappa shape index (κ3) is 6.81. The summed E-state index contributed by atoms with van der Waals surface area (Å²) in [5.74, 6) is 1.15. The van der Waals surface area contributed by atoms with E-state index in [1.807, 2.05) is 25.1 Å². The van der Waals surface area contributed by atoms with Crippen molar-refractivity contribution in [1.82, 2.24) is 19.9 Å². The van der Waals surface area contributed by atoms with Gasteiger partial charge in [-0.2, -0.15) is 0 Å². The maximum Gasteiger partial charge on any atom is 0.323 e. The lowest BCUT2D eigenvalue weighted by Crippen LogP contribution is -2.41. The first-order chi connectivity index (χ1) is 21.2. The van der Waals surface area contributed by atoms with Gasteiger partial charge < -0.3 is 30.9 Å². The average Bonchev–Trinajstić information content (AvgIpc) is 3.03. The number of nitrogens with two attached hydrogens (primary N) is 1. The number of urea groups is 1. The molecule has 0 bridgehead atoms. The van der Waals surface area contributed by atoms with E-state index in [0.717, 1.165) is 22.5 Å². The fraction of sp³-hybridized carbons (Fsp3) is 0.250. The van der Waals surface area contributed by atoms with Crippen LogP contribution in [0.5, 0.6) is 0 Å². The summed E-state index contributed by atoms with van der Waals surface area (Å²) < 4.78 is 5.76. The molecular formula is C32H35N9O3. The molecule has 0 spiro atoms. The molecule has 1 unspecified atom stereocenters. The standard InChI is InChI=1S/C32H35N9O3/c1-20-19-41(13-14-44-20)30-28-27(15-23(18-35-28)24(16-33)17-34-2)38-29(39-30)21-5-9-25(10-6-21)36-32(43)37-26-11-7-22(8-12-26)31(42)40(3)4/h5-12,15-18,20H,13-14,19,33H2,1-4H3,(H2,36,37,43). The maximum atomic E-state index is 12.6. The molecule has 1 aliphatic rings. The van der Waals surface area contributed by atoms with Crippen LogP contribution in [0.1, 0.15) is 22.8 Å². The van der Waals surface area contributed by atoms with Crippen molar-refractivity contribution in [2.24, 2.45) is 10.7 Å². The molecule has 2 aromatic heterocycles. The molecule has 2 aromatic carbocycles. The van der Waals surface area contributed by atoms with Gasteiger partial charge in [-0.15, -0.1) is 0 Å². The number of fused-ring (bicyclic) bond motifs is 1. The van der Waals surface area contributed by atoms with Crippen LogP contribution < -0.4 is 21.3 Å². The lowest BCUT2D eigenvalue weighted by Gasteiger charge is -2.32. The predicted molar refractivity (Wildman–Crippen MR) is 174 cm³/mol. The minimum absolute atomic E-state index is 0.0546. The summed E-state index contributed by atoms with van der Waals surface area (Å²) in [6, 6.07) is 15.5. The third-order valence-electron chi connectivity index (χ3n) is 7.04. The molecular weight excluding hydrogens is 558 g/mol. The molecule has 0 saturated carbocycles. The highest BCUT2D eigenvalue weighted by Crippen LogP contribution is 2.29. The molecule has 12 nitrogen and oxygen atoms in total. The second-order valence-electron chi connectivity index (χ2n) is 10.5. The Hall–Kier alpha value is -5.36. The summed E-state index contributed by atoms with van der Waals surface area (Å²) in [5.41, 5.74) is 11.2. The Morgan fingerprint density at radius 2 is 1.73 bits per heavy atom. The first-order valence-corrected chi connectivity index (χ1v) is 14.1. The molecule has 1 aliphatic heterocycles. The summed E-state index contributed by atoms with van der Waals surface area (Å²) in [6.07, 6.45) is 4.98. The van der Waals surface area contributed by atoms with E-state index >= 15 is 0 Å². The highest BCUT2D eigenvalue weighted by molar-refractivity contribution is 6.10. The molecule has 1 atom stereocenters. The largest absolute Gasteiger partial charge is 0.404 e. The van der Waals surface area contributed by atoms with Gasteiger partial charge >= 0.3 is 6.03 Å². The summed E-state index contributed by atoms with van der Waals surface area (Å²) in [4.78, 5) is 47.0. The number of hydrogen-bond acceptors (Lipinski definition) is 9. The maximum absolute atomic E-state index is 12.6. The quantitative estimate of drug-likeness (QED) is 0.269. The van der Waals surface area contributed by atoms with E-state index in [1.165, 1.54) is 11.1 Å². The number of hydrogen-bond donors (Lipinski definition) is 3. The Morgan fingerprint density at radius 3 is 2.34 bits per heavy atom. The van der Waals surface area contributed by atoms with E-state index in [-0.39, 0.29) is 12.0 Å². The van der Waals surface area contributed by atoms with E-state index in [4.69, 9.17) is 25.4 Å². The van der Waals surface area contributed by atoms with Crippen LogP contribution in [0.15, 0.2) is 72.0 Å². The molecule has 44 heavy (non-hydrogen) atoms. The van der Waals surface area contributed by atoms with Gasteiger partial charge in [0.25, 0.3) is 5.91 Å². The molecule has 4 aromatic rings. The van der Waals surface area contributed by atoms with Crippen LogP contribution in [-0.2, 0) is 4.74 Å². The van der Waals surface area contributed by atoms with Crippen molar-refractivity contribution in [1.29, 1.82) is 0 Å². The lowest BCUT2D eigenvalue weighted by molar-refractivity contribution is 0.0530. The fourth-order valence-electron chi connectivity index (χ4n) is 4.82. The van der Waals surface area contributed by atoms with Crippen molar-refractivity contribution in [3.63, 3.8) is 0 Å². The highest BCUT2D eigenvalue weighted by atomic mass is 16.5. The normalized spacial score (nSPS) is 15.4. The molecule has 3 heterocycles. The number of pyridine rings is 1. The zero-order valence-electron chi connectivity index (χ0n) is 25.1. The predicted octanol–water partition coefficient (Wildman–Crippen LogP) is 4.26. The van der Waals surface area contributed by atoms with Gasteiger partial charge in [0.05, 0.1) is 18.2 Å². The van der Waals surface area contributed by atoms with Crippen molar-refractivity contribution in [2.45, 2.75) is 13.0 Å². The number of aliphatic imine (C=N–C) groups is 1. The van der Waals surface area contributed by atoms with Gasteiger partial charge in [0.15, 0.2) is 11.6 Å². The molecule has 1 fully saturated rings. The smallest absolute Gasteiger partial charge is 0.323 e. The van der Waals surface area contributed by atoms with Gasteiger partial charge in [0, 0.05) is 86.5 Å². The first kappa shape index (κ1) is 30.1. The summed E-state index contributed by atoms with van der Waals surface area (Å²) in [5, 5.41) is 5.61. The number of amides is 3. The Bertz CT molecular complexity index is 1720. The van der Waals surface area contributed by atoms with Gasteiger partial charge in [-0.3, -0.25) is 14.8 Å². The van der Waals surface area contributed by atoms with E-state index in [9.17, 15) is 9.59 Å². The molecule has 226 valence electrons. The number of allylic oxidation sites excluding steroid dienone is 1. The molecule has 0 radical (unpaired) electrons. The van der Waals surface area contributed by atoms with Crippen molar-refractivity contribution in [3.8, 4) is 11.4 Å². The van der Waals surface area contributed by atoms with Crippen LogP contribution in [0.4, 0.5) is 22.0 Å². The number of ether oxygens (including phenoxy) is 1. The van der Waals surface area contributed by atoms with Crippen LogP contribution in [0, 0.1) is 0 Å². The van der Waals surface area contributed by atoms with Gasteiger partial charge in [-0.25, -0.2) is 14.8 Å². The minimum Gasteiger partial charge on any atom is -0.404 e. The van der Waals surface area contributed by atoms with Gasteiger partial charge in [-0.05, 0) is 61.5 Å². The highest BCUT2D eigenvalue weighted by Gasteiger charge is 2.23. The van der Waals surface area contributed by atoms with Crippen LogP contribution in [0.2, 0.25) is 0 Å². The van der Waals surface area contributed by atoms with Crippen LogP contribution in [-0.4, -0.2) is 84.9 Å². The Morgan fingerprint density at radius 1 is 1.05 bits per heavy atom. The minimum atomic E-state index is -0.409. The van der Waals surface area contributed by atoms with Crippen molar-refractivity contribution in [2.75, 3.05) is 56.4 Å². The molecule has 5 rings (SSSR count). The van der Waals surface area contributed by atoms with E-state index in [2.05, 4.69) is 20.5 Å². The molecule has 0 aliphatic carbocycles. The Labute approximate surface area is 255 Å². The average molecular weight is 594 g/mol. The number of morpholine rings is 1. The number of benzene rings is 2. The number of nitrogens with one attached hydrogen (secondary N) is 2. The number of anilines is 3. The van der Waals surface area contributed by atoms with Crippen LogP contribution in [0.25, 0.3) is 28.0 Å². The number of aromatic nitrogens is 3. The van der Waals surface area contributed by atoms with Crippen molar-refractivity contribution >= 4 is 52.0 Å². The lowest BCUT2D eigenvalue weighted by atomic mass is 10.1. The van der Waals surface area contributed by atoms with Gasteiger partial charge in [0.2, 0.25) is 0 Å². The second kappa shape index (κ2) is 13.3. The summed E-state index contributed by atoms with van der Waals surface area (Å²) in [7, 11) is 5.07. The molecule has 12 heteroatoms. The van der Waals surface area contributed by atoms with E-state index in [0.29, 0.717) is 53.5 Å². The van der Waals surface area contributed by atoms with Gasteiger partial charge in [-0.1, -0.05) is 0 Å². The van der Waals surface area contributed by atoms with E-state index < -0.39 is 6.03 Å². The Balaban J connectivity index is 1.39. The number of nitrogens with zero attached hydrogens (tertiary/aromatic N) is 6. The zero-order chi connectivity index (χ0) is 31.2. The van der Waals surface area contributed by atoms with Crippen molar-refractivity contribution in [3.05, 3.63) is 78.1 Å². The number of carbonyl (C=O) groups is 2. The number of carbonyl (C=O) groups excluding carboxylic acids is 2. The SMILES string of the molecule is CN=CC(=CN)c1cnc2c(N3CCOC(C)C3)nc(-c3ccc(NC(=O)Nc4ccc(C(=O)N(C)C)cc4)cc3)nc2c1. The van der Waals surface area contributed by atoms with Crippen molar-refractivity contribution < 1.29 is 14.3 Å². The van der Waals surface area contributed by atoms with Gasteiger partial charge in [0.1, 0.15) is 5.52 Å². The summed E-state index contributed by atoms with van der Waals surface area (Å²) in [6.45, 7) is 3.99. The topological polar surface area (TPSA) is 151 Å². The summed E-state index contributed by atoms with van der Waals surface area (Å²) >= 11 is 0. The first-order valence-electron chi connectivity index (χ1n) is 14.1. The number of rotatable bonds is 7. The Kier molecular flexibility index (Phi) is 9.10. The second-order valence-corrected chi connectivity index (χ2v) is 10.5. The van der Waals surface area contributed by atoms with E-state index in [1.54, 1.807) is 70.0 Å².